The molecule has 0 unspecified atom stereocenters. The molecule has 0 aromatic carbocycles. The molecule has 0 aliphatic carbocycles. The molecule has 0 amide bonds. The molecule has 1 heterocycles. The number of rotatable bonds is 2. The van der Waals surface area contributed by atoms with Gasteiger partial charge in [-0.2, -0.15) is 0 Å². The molecule has 0 radical (unpaired) electrons. The second kappa shape index (κ2) is 3.66. The Kier molecular flexibility index (Phi) is 2.77. The summed E-state index contributed by atoms with van der Waals surface area (Å²) in [6, 6.07) is 0. The normalized spacial score (nSPS) is 10.8. The summed E-state index contributed by atoms with van der Waals surface area (Å²) in [5.41, 5.74) is 11.9. The summed E-state index contributed by atoms with van der Waals surface area (Å²) in [6.07, 6.45) is -1.29. The van der Waals surface area contributed by atoms with Crippen LogP contribution in [-0.4, -0.2) is 4.98 Å². The third-order valence-corrected chi connectivity index (χ3v) is 1.92. The second-order valence-electron chi connectivity index (χ2n) is 2.71. The molecule has 0 aliphatic rings. The van der Waals surface area contributed by atoms with Crippen molar-refractivity contribution >= 4 is 5.69 Å². The van der Waals surface area contributed by atoms with Crippen LogP contribution in [-0.2, 0) is 6.54 Å². The first kappa shape index (κ1) is 9.85. The van der Waals surface area contributed by atoms with Gasteiger partial charge in [-0.15, -0.1) is 0 Å². The summed E-state index contributed by atoms with van der Waals surface area (Å²) >= 11 is 0. The summed E-state index contributed by atoms with van der Waals surface area (Å²) in [6.45, 7) is 1.73. The van der Waals surface area contributed by atoms with Crippen molar-refractivity contribution in [1.29, 1.82) is 0 Å². The zero-order valence-electron chi connectivity index (χ0n) is 7.22. The average Bonchev–Trinajstić information content (AvgIpc) is 2.09. The molecule has 13 heavy (non-hydrogen) atoms. The number of hydrogen-bond acceptors (Lipinski definition) is 3. The lowest BCUT2D eigenvalue weighted by molar-refractivity contribution is 0.145. The van der Waals surface area contributed by atoms with Crippen molar-refractivity contribution in [3.05, 3.63) is 23.0 Å². The topological polar surface area (TPSA) is 64.9 Å². The van der Waals surface area contributed by atoms with Crippen LogP contribution in [0, 0.1) is 6.92 Å². The number of alkyl halides is 2. The summed E-state index contributed by atoms with van der Waals surface area (Å²) in [5, 5.41) is 0. The van der Waals surface area contributed by atoms with Gasteiger partial charge in [-0.05, 0) is 12.5 Å². The van der Waals surface area contributed by atoms with Gasteiger partial charge >= 0.3 is 0 Å². The predicted molar refractivity (Wildman–Crippen MR) is 46.2 cm³/mol. The molecule has 0 aliphatic heterocycles. The van der Waals surface area contributed by atoms with Gasteiger partial charge in [0.15, 0.2) is 0 Å². The van der Waals surface area contributed by atoms with Gasteiger partial charge in [0.25, 0.3) is 6.43 Å². The standard InChI is InChI=1S/C8H11F2N3/c1-4-6(12)5(2-11)3-13-7(4)8(9)10/h3,8H,2,11H2,1H3,(H2,12,13). The molecule has 5 heteroatoms. The van der Waals surface area contributed by atoms with Crippen LogP contribution in [0.4, 0.5) is 14.5 Å². The van der Waals surface area contributed by atoms with E-state index in [2.05, 4.69) is 4.98 Å². The number of aromatic nitrogens is 1. The summed E-state index contributed by atoms with van der Waals surface area (Å²) < 4.78 is 24.6. The minimum Gasteiger partial charge on any atom is -0.398 e. The van der Waals surface area contributed by atoms with Crippen molar-refractivity contribution in [3.8, 4) is 0 Å². The lowest BCUT2D eigenvalue weighted by Gasteiger charge is -2.09. The molecular formula is C8H11F2N3. The molecule has 0 atom stereocenters. The zero-order chi connectivity index (χ0) is 10.0. The minimum absolute atomic E-state index is 0.211. The van der Waals surface area contributed by atoms with Crippen LogP contribution in [0.25, 0.3) is 0 Å². The maximum Gasteiger partial charge on any atom is 0.280 e. The number of nitrogens with two attached hydrogens (primary N) is 2. The van der Waals surface area contributed by atoms with E-state index in [1.54, 1.807) is 0 Å². The van der Waals surface area contributed by atoms with Crippen LogP contribution in [0.3, 0.4) is 0 Å². The highest BCUT2D eigenvalue weighted by molar-refractivity contribution is 5.54. The van der Waals surface area contributed by atoms with Gasteiger partial charge in [0, 0.05) is 24.0 Å². The van der Waals surface area contributed by atoms with Crippen LogP contribution in [0.1, 0.15) is 23.2 Å². The van der Waals surface area contributed by atoms with E-state index in [1.807, 2.05) is 0 Å². The van der Waals surface area contributed by atoms with Crippen molar-refractivity contribution in [2.24, 2.45) is 5.73 Å². The molecule has 3 nitrogen and oxygen atoms in total. The highest BCUT2D eigenvalue weighted by Crippen LogP contribution is 2.25. The highest BCUT2D eigenvalue weighted by atomic mass is 19.3. The van der Waals surface area contributed by atoms with Crippen molar-refractivity contribution in [2.75, 3.05) is 5.73 Å². The Hall–Kier alpha value is -1.23. The van der Waals surface area contributed by atoms with Crippen molar-refractivity contribution < 1.29 is 8.78 Å². The second-order valence-corrected chi connectivity index (χ2v) is 2.71. The number of pyridine rings is 1. The van der Waals surface area contributed by atoms with E-state index in [1.165, 1.54) is 13.1 Å². The van der Waals surface area contributed by atoms with E-state index in [9.17, 15) is 8.78 Å². The monoisotopic (exact) mass is 187 g/mol. The number of halogens is 2. The number of anilines is 1. The highest BCUT2D eigenvalue weighted by Gasteiger charge is 2.15. The lowest BCUT2D eigenvalue weighted by Crippen LogP contribution is -2.07. The van der Waals surface area contributed by atoms with E-state index in [0.717, 1.165) is 0 Å². The molecule has 1 aromatic rings. The Labute approximate surface area is 74.8 Å². The van der Waals surface area contributed by atoms with Crippen molar-refractivity contribution in [1.82, 2.24) is 4.98 Å². The molecule has 0 bridgehead atoms. The Bertz CT molecular complexity index is 313. The first-order valence-electron chi connectivity index (χ1n) is 3.80. The van der Waals surface area contributed by atoms with Crippen molar-refractivity contribution in [3.63, 3.8) is 0 Å². The predicted octanol–water partition coefficient (Wildman–Crippen LogP) is 1.37. The molecule has 0 saturated heterocycles. The van der Waals surface area contributed by atoms with Gasteiger partial charge in [-0.3, -0.25) is 4.98 Å². The van der Waals surface area contributed by atoms with E-state index >= 15 is 0 Å². The van der Waals surface area contributed by atoms with Crippen molar-refractivity contribution in [2.45, 2.75) is 19.9 Å². The van der Waals surface area contributed by atoms with E-state index < -0.39 is 6.43 Å². The molecule has 0 fully saturated rings. The van der Waals surface area contributed by atoms with Crippen LogP contribution in [0.15, 0.2) is 6.20 Å². The molecule has 1 aromatic heterocycles. The quantitative estimate of drug-likeness (QED) is 0.734. The van der Waals surface area contributed by atoms with Gasteiger partial charge < -0.3 is 11.5 Å². The first-order chi connectivity index (χ1) is 6.07. The molecule has 1 rings (SSSR count). The van der Waals surface area contributed by atoms with E-state index in [4.69, 9.17) is 11.5 Å². The van der Waals surface area contributed by atoms with Crippen LogP contribution in [0.5, 0.6) is 0 Å². The van der Waals surface area contributed by atoms with Gasteiger partial charge in [0.1, 0.15) is 5.69 Å². The van der Waals surface area contributed by atoms with Gasteiger partial charge in [-0.1, -0.05) is 0 Å². The van der Waals surface area contributed by atoms with Gasteiger partial charge in [0.05, 0.1) is 0 Å². The average molecular weight is 187 g/mol. The van der Waals surface area contributed by atoms with E-state index in [-0.39, 0.29) is 12.2 Å². The summed E-state index contributed by atoms with van der Waals surface area (Å²) in [5.74, 6) is 0. The fraction of sp³-hybridized carbons (Fsp3) is 0.375. The van der Waals surface area contributed by atoms with Crippen LogP contribution < -0.4 is 11.5 Å². The molecular weight excluding hydrogens is 176 g/mol. The Morgan fingerprint density at radius 1 is 1.54 bits per heavy atom. The third kappa shape index (κ3) is 1.75. The van der Waals surface area contributed by atoms with Crippen LogP contribution in [0.2, 0.25) is 0 Å². The van der Waals surface area contributed by atoms with E-state index in [0.29, 0.717) is 16.8 Å². The smallest absolute Gasteiger partial charge is 0.280 e. The molecule has 72 valence electrons. The Morgan fingerprint density at radius 3 is 2.62 bits per heavy atom. The number of hydrogen-bond donors (Lipinski definition) is 2. The number of nitrogen functional groups attached to an aromatic ring is 1. The summed E-state index contributed by atoms with van der Waals surface area (Å²) in [4.78, 5) is 3.60. The van der Waals surface area contributed by atoms with Crippen LogP contribution >= 0.6 is 0 Å². The fourth-order valence-corrected chi connectivity index (χ4v) is 1.08. The Balaban J connectivity index is 3.23. The van der Waals surface area contributed by atoms with Gasteiger partial charge in [0.2, 0.25) is 0 Å². The zero-order valence-corrected chi connectivity index (χ0v) is 7.22. The molecule has 0 spiro atoms. The first-order valence-corrected chi connectivity index (χ1v) is 3.80. The lowest BCUT2D eigenvalue weighted by atomic mass is 10.1. The minimum atomic E-state index is -2.59. The SMILES string of the molecule is Cc1c(C(F)F)ncc(CN)c1N. The summed E-state index contributed by atoms with van der Waals surface area (Å²) in [7, 11) is 0. The van der Waals surface area contributed by atoms with Gasteiger partial charge in [-0.25, -0.2) is 8.78 Å². The maximum absolute atomic E-state index is 12.3. The fourth-order valence-electron chi connectivity index (χ4n) is 1.08. The maximum atomic E-state index is 12.3. The molecule has 4 N–H and O–H groups in total. The third-order valence-electron chi connectivity index (χ3n) is 1.92. The molecule has 0 saturated carbocycles. The largest absolute Gasteiger partial charge is 0.398 e. The Morgan fingerprint density at radius 2 is 2.15 bits per heavy atom. The number of nitrogens with zero attached hydrogens (tertiary/aromatic N) is 1.